The van der Waals surface area contributed by atoms with E-state index < -0.39 is 10.0 Å². The van der Waals surface area contributed by atoms with Crippen LogP contribution in [0.15, 0.2) is 0 Å². The average molecular weight is 234 g/mol. The maximum Gasteiger partial charge on any atom is 0.212 e. The smallest absolute Gasteiger partial charge is 0.212 e. The van der Waals surface area contributed by atoms with Crippen LogP contribution in [0.2, 0.25) is 0 Å². The van der Waals surface area contributed by atoms with Crippen molar-refractivity contribution in [2.45, 2.75) is 27.7 Å². The van der Waals surface area contributed by atoms with Crippen LogP contribution in [-0.4, -0.2) is 27.3 Å². The van der Waals surface area contributed by atoms with Gasteiger partial charge in [-0.2, -0.15) is 0 Å². The number of rotatable bonds is 5. The van der Waals surface area contributed by atoms with E-state index in [-0.39, 0.29) is 23.1 Å². The van der Waals surface area contributed by atoms with E-state index >= 15 is 0 Å². The van der Waals surface area contributed by atoms with Gasteiger partial charge in [-0.3, -0.25) is 0 Å². The van der Waals surface area contributed by atoms with E-state index in [2.05, 4.69) is 32.4 Å². The molecule has 1 rings (SSSR count). The third kappa shape index (κ3) is 2.34. The van der Waals surface area contributed by atoms with Crippen LogP contribution in [0.5, 0.6) is 0 Å². The summed E-state index contributed by atoms with van der Waals surface area (Å²) in [6, 6.07) is 0. The van der Waals surface area contributed by atoms with Gasteiger partial charge in [0.2, 0.25) is 10.0 Å². The summed E-state index contributed by atoms with van der Waals surface area (Å²) in [4.78, 5) is 0. The van der Waals surface area contributed by atoms with Gasteiger partial charge in [0.25, 0.3) is 0 Å². The fraction of sp³-hybridized carbons (Fsp3) is 1.00. The fourth-order valence-electron chi connectivity index (χ4n) is 2.28. The Morgan fingerprint density at radius 2 is 1.67 bits per heavy atom. The minimum Gasteiger partial charge on any atom is -0.329 e. The first-order valence-electron chi connectivity index (χ1n) is 5.32. The van der Waals surface area contributed by atoms with Crippen LogP contribution in [0.25, 0.3) is 0 Å². The predicted molar refractivity (Wildman–Crippen MR) is 61.9 cm³/mol. The lowest BCUT2D eigenvalue weighted by Crippen LogP contribution is -2.32. The molecule has 0 atom stereocenters. The molecule has 15 heavy (non-hydrogen) atoms. The number of hydrogen-bond donors (Lipinski definition) is 2. The Morgan fingerprint density at radius 1 is 1.20 bits per heavy atom. The highest BCUT2D eigenvalue weighted by molar-refractivity contribution is 7.89. The lowest BCUT2D eigenvalue weighted by molar-refractivity contribution is 0.457. The largest absolute Gasteiger partial charge is 0.329 e. The van der Waals surface area contributed by atoms with Crippen molar-refractivity contribution in [3.63, 3.8) is 0 Å². The lowest BCUT2D eigenvalue weighted by Gasteiger charge is -2.06. The second kappa shape index (κ2) is 3.71. The number of nitrogens with two attached hydrogens (primary N) is 1. The first kappa shape index (κ1) is 12.9. The van der Waals surface area contributed by atoms with Crippen molar-refractivity contribution in [1.29, 1.82) is 0 Å². The highest BCUT2D eigenvalue weighted by Crippen LogP contribution is 2.67. The van der Waals surface area contributed by atoms with Crippen molar-refractivity contribution in [2.75, 3.05) is 18.8 Å². The summed E-state index contributed by atoms with van der Waals surface area (Å²) in [5.74, 6) is 0.429. The Labute approximate surface area is 92.7 Å². The fourth-order valence-corrected chi connectivity index (χ4v) is 3.16. The van der Waals surface area contributed by atoms with Gasteiger partial charge in [-0.1, -0.05) is 27.7 Å². The summed E-state index contributed by atoms with van der Waals surface area (Å²) >= 11 is 0. The molecule has 1 fully saturated rings. The summed E-state index contributed by atoms with van der Waals surface area (Å²) in [6.45, 7) is 9.41. The third-order valence-corrected chi connectivity index (χ3v) is 5.59. The maximum absolute atomic E-state index is 11.4. The van der Waals surface area contributed by atoms with Crippen LogP contribution >= 0.6 is 0 Å². The molecule has 1 aliphatic rings. The Hall–Kier alpha value is -0.130. The zero-order chi connectivity index (χ0) is 11.9. The molecule has 0 amide bonds. The molecule has 4 nitrogen and oxygen atoms in total. The van der Waals surface area contributed by atoms with Crippen molar-refractivity contribution in [1.82, 2.24) is 4.72 Å². The van der Waals surface area contributed by atoms with Crippen molar-refractivity contribution in [3.05, 3.63) is 0 Å². The van der Waals surface area contributed by atoms with Crippen LogP contribution in [0.4, 0.5) is 0 Å². The SMILES string of the molecule is CC1(C)C(CNS(=O)(=O)CCN)C1(C)C. The van der Waals surface area contributed by atoms with Gasteiger partial charge in [0.15, 0.2) is 0 Å². The Balaban J connectivity index is 2.48. The minimum atomic E-state index is -3.16. The van der Waals surface area contributed by atoms with Gasteiger partial charge in [-0.25, -0.2) is 13.1 Å². The lowest BCUT2D eigenvalue weighted by atomic mass is 10.0. The molecule has 3 N–H and O–H groups in total. The summed E-state index contributed by atoms with van der Waals surface area (Å²) in [6.07, 6.45) is 0. The molecule has 0 aromatic heterocycles. The van der Waals surface area contributed by atoms with E-state index in [0.29, 0.717) is 12.5 Å². The van der Waals surface area contributed by atoms with Crippen LogP contribution in [0.3, 0.4) is 0 Å². The van der Waals surface area contributed by atoms with E-state index in [0.717, 1.165) is 0 Å². The number of nitrogens with one attached hydrogen (secondary N) is 1. The standard InChI is InChI=1S/C10H22N2O2S/c1-9(2)8(10(9,3)4)7-12-15(13,14)6-5-11/h8,12H,5-7,11H2,1-4H3. The van der Waals surface area contributed by atoms with Gasteiger partial charge in [0, 0.05) is 13.1 Å². The van der Waals surface area contributed by atoms with Gasteiger partial charge in [0.1, 0.15) is 0 Å². The zero-order valence-corrected chi connectivity index (χ0v) is 10.8. The van der Waals surface area contributed by atoms with Gasteiger partial charge in [0.05, 0.1) is 5.75 Å². The zero-order valence-electron chi connectivity index (χ0n) is 10.0. The molecule has 1 saturated carbocycles. The Bertz CT molecular complexity index is 319. The maximum atomic E-state index is 11.4. The first-order valence-corrected chi connectivity index (χ1v) is 6.98. The van der Waals surface area contributed by atoms with Crippen molar-refractivity contribution < 1.29 is 8.42 Å². The molecule has 0 aromatic carbocycles. The molecule has 1 aliphatic carbocycles. The Morgan fingerprint density at radius 3 is 2.00 bits per heavy atom. The molecule has 0 aromatic rings. The Kier molecular flexibility index (Phi) is 3.20. The van der Waals surface area contributed by atoms with Gasteiger partial charge in [-0.15, -0.1) is 0 Å². The molecular formula is C10H22N2O2S. The molecule has 0 unspecified atom stereocenters. The normalized spacial score (nSPS) is 24.1. The molecule has 0 saturated heterocycles. The predicted octanol–water partition coefficient (Wildman–Crippen LogP) is 0.547. The van der Waals surface area contributed by atoms with E-state index in [1.54, 1.807) is 0 Å². The second-order valence-corrected chi connectivity index (χ2v) is 7.38. The van der Waals surface area contributed by atoms with Crippen molar-refractivity contribution in [3.8, 4) is 0 Å². The summed E-state index contributed by atoms with van der Waals surface area (Å²) in [5.41, 5.74) is 5.66. The van der Waals surface area contributed by atoms with Crippen molar-refractivity contribution >= 4 is 10.0 Å². The molecule has 0 radical (unpaired) electrons. The summed E-state index contributed by atoms with van der Waals surface area (Å²) in [5, 5.41) is 0. The van der Waals surface area contributed by atoms with Gasteiger partial charge in [-0.05, 0) is 16.7 Å². The molecule has 90 valence electrons. The average Bonchev–Trinajstić information content (AvgIpc) is 2.40. The second-order valence-electron chi connectivity index (χ2n) is 5.45. The van der Waals surface area contributed by atoms with E-state index in [4.69, 9.17) is 5.73 Å². The number of sulfonamides is 1. The van der Waals surface area contributed by atoms with Crippen LogP contribution in [0.1, 0.15) is 27.7 Å². The molecule has 5 heteroatoms. The molecule has 0 heterocycles. The van der Waals surface area contributed by atoms with Crippen LogP contribution in [0, 0.1) is 16.7 Å². The summed E-state index contributed by atoms with van der Waals surface area (Å²) in [7, 11) is -3.16. The van der Waals surface area contributed by atoms with E-state index in [1.165, 1.54) is 0 Å². The molecule has 0 aliphatic heterocycles. The monoisotopic (exact) mass is 234 g/mol. The first-order chi connectivity index (χ1) is 6.65. The molecule has 0 spiro atoms. The quantitative estimate of drug-likeness (QED) is 0.729. The third-order valence-electron chi connectivity index (χ3n) is 4.21. The molecule has 0 bridgehead atoms. The van der Waals surface area contributed by atoms with E-state index in [9.17, 15) is 8.42 Å². The number of hydrogen-bond acceptors (Lipinski definition) is 3. The summed E-state index contributed by atoms with van der Waals surface area (Å²) < 4.78 is 25.4. The van der Waals surface area contributed by atoms with Crippen LogP contribution in [-0.2, 0) is 10.0 Å². The van der Waals surface area contributed by atoms with Gasteiger partial charge < -0.3 is 5.73 Å². The van der Waals surface area contributed by atoms with Crippen molar-refractivity contribution in [2.24, 2.45) is 22.5 Å². The topological polar surface area (TPSA) is 72.2 Å². The molecular weight excluding hydrogens is 212 g/mol. The highest BCUT2D eigenvalue weighted by Gasteiger charge is 2.64. The van der Waals surface area contributed by atoms with E-state index in [1.807, 2.05) is 0 Å². The minimum absolute atomic E-state index is 0.0145. The van der Waals surface area contributed by atoms with Crippen LogP contribution < -0.4 is 10.5 Å². The van der Waals surface area contributed by atoms with Gasteiger partial charge >= 0.3 is 0 Å². The highest BCUT2D eigenvalue weighted by atomic mass is 32.2.